The van der Waals surface area contributed by atoms with Crippen LogP contribution in [0.4, 0.5) is 4.79 Å². The highest BCUT2D eigenvalue weighted by molar-refractivity contribution is 8.05. The smallest absolute Gasteiger partial charge is 0.430 e. The summed E-state index contributed by atoms with van der Waals surface area (Å²) in [5, 5.41) is -1.23. The molecule has 0 radical (unpaired) electrons. The van der Waals surface area contributed by atoms with Gasteiger partial charge in [0.25, 0.3) is 9.84 Å². The van der Waals surface area contributed by atoms with Gasteiger partial charge in [0.05, 0.1) is 12.0 Å². The van der Waals surface area contributed by atoms with E-state index in [0.717, 1.165) is 0 Å². The molecule has 0 aliphatic carbocycles. The first-order valence-electron chi connectivity index (χ1n) is 6.54. The maximum Gasteiger partial charge on any atom is 0.430 e. The van der Waals surface area contributed by atoms with Crippen LogP contribution in [0.1, 0.15) is 37.5 Å². The third kappa shape index (κ3) is 3.56. The SMILES string of the molecule is COc1cc(C)c(S(=O)(=O)C(=O)OC(C)(C)C)c(C)c1C. The molecule has 0 aromatic heterocycles. The number of rotatable bonds is 2. The lowest BCUT2D eigenvalue weighted by Crippen LogP contribution is -2.29. The average molecular weight is 314 g/mol. The fourth-order valence-corrected chi connectivity index (χ4v) is 3.60. The minimum Gasteiger partial charge on any atom is -0.496 e. The quantitative estimate of drug-likeness (QED) is 0.783. The van der Waals surface area contributed by atoms with Crippen LogP contribution in [0.5, 0.6) is 5.75 Å². The number of benzene rings is 1. The van der Waals surface area contributed by atoms with Crippen LogP contribution < -0.4 is 4.74 Å². The molecule has 0 bridgehead atoms. The van der Waals surface area contributed by atoms with Crippen molar-refractivity contribution in [2.75, 3.05) is 7.11 Å². The highest BCUT2D eigenvalue weighted by Crippen LogP contribution is 2.32. The van der Waals surface area contributed by atoms with Gasteiger partial charge in [-0.15, -0.1) is 0 Å². The van der Waals surface area contributed by atoms with Crippen LogP contribution in [0, 0.1) is 20.8 Å². The number of hydrogen-bond acceptors (Lipinski definition) is 5. The lowest BCUT2D eigenvalue weighted by Gasteiger charge is -2.21. The summed E-state index contributed by atoms with van der Waals surface area (Å²) in [6.45, 7) is 9.91. The fourth-order valence-electron chi connectivity index (χ4n) is 2.03. The van der Waals surface area contributed by atoms with Gasteiger partial charge in [-0.25, -0.2) is 13.2 Å². The molecule has 0 aliphatic rings. The standard InChI is InChI=1S/C15H22O5S/c1-9-8-12(19-7)10(2)11(3)13(9)21(17,18)14(16)20-15(4,5)6/h8H,1-7H3. The van der Waals surface area contributed by atoms with Crippen molar-refractivity contribution in [2.24, 2.45) is 0 Å². The van der Waals surface area contributed by atoms with E-state index >= 15 is 0 Å². The van der Waals surface area contributed by atoms with Crippen LogP contribution in [0.3, 0.4) is 0 Å². The van der Waals surface area contributed by atoms with Crippen LogP contribution >= 0.6 is 0 Å². The molecule has 1 aromatic carbocycles. The molecular formula is C15H22O5S. The Hall–Kier alpha value is -1.56. The third-order valence-electron chi connectivity index (χ3n) is 3.08. The number of sulfone groups is 1. The number of ether oxygens (including phenoxy) is 2. The molecule has 21 heavy (non-hydrogen) atoms. The maximum absolute atomic E-state index is 12.5. The van der Waals surface area contributed by atoms with Gasteiger partial charge in [0.2, 0.25) is 0 Å². The molecule has 5 nitrogen and oxygen atoms in total. The molecule has 6 heteroatoms. The number of hydrogen-bond donors (Lipinski definition) is 0. The van der Waals surface area contributed by atoms with Crippen molar-refractivity contribution in [1.82, 2.24) is 0 Å². The van der Waals surface area contributed by atoms with E-state index in [2.05, 4.69) is 0 Å². The van der Waals surface area contributed by atoms with Crippen LogP contribution in [0.25, 0.3) is 0 Å². The van der Waals surface area contributed by atoms with E-state index in [9.17, 15) is 13.2 Å². The van der Waals surface area contributed by atoms with Crippen molar-refractivity contribution >= 4 is 15.1 Å². The van der Waals surface area contributed by atoms with Crippen LogP contribution in [-0.4, -0.2) is 26.4 Å². The van der Waals surface area contributed by atoms with Gasteiger partial charge in [-0.05, 0) is 64.3 Å². The molecule has 1 rings (SSSR count). The summed E-state index contributed by atoms with van der Waals surface area (Å²) in [7, 11) is -2.68. The van der Waals surface area contributed by atoms with Crippen LogP contribution in [0.15, 0.2) is 11.0 Å². The summed E-state index contributed by atoms with van der Waals surface area (Å²) in [5.74, 6) is 0.591. The Morgan fingerprint density at radius 2 is 1.62 bits per heavy atom. The molecule has 0 heterocycles. The highest BCUT2D eigenvalue weighted by Gasteiger charge is 2.34. The van der Waals surface area contributed by atoms with E-state index < -0.39 is 20.7 Å². The van der Waals surface area contributed by atoms with Crippen molar-refractivity contribution < 1.29 is 22.7 Å². The van der Waals surface area contributed by atoms with E-state index in [4.69, 9.17) is 9.47 Å². The van der Waals surface area contributed by atoms with Gasteiger partial charge in [0.1, 0.15) is 11.4 Å². The van der Waals surface area contributed by atoms with Crippen molar-refractivity contribution in [3.8, 4) is 5.75 Å². The molecule has 0 fully saturated rings. The summed E-state index contributed by atoms with van der Waals surface area (Å²) < 4.78 is 35.2. The monoisotopic (exact) mass is 314 g/mol. The summed E-state index contributed by atoms with van der Waals surface area (Å²) in [5.41, 5.74) is 0.775. The first-order chi connectivity index (χ1) is 9.41. The van der Waals surface area contributed by atoms with E-state index in [0.29, 0.717) is 22.4 Å². The third-order valence-corrected chi connectivity index (χ3v) is 4.76. The number of carbonyl (C=O) groups is 1. The molecular weight excluding hydrogens is 292 g/mol. The Balaban J connectivity index is 3.47. The summed E-state index contributed by atoms with van der Waals surface area (Å²) in [4.78, 5) is 12.0. The molecule has 0 N–H and O–H groups in total. The van der Waals surface area contributed by atoms with E-state index in [-0.39, 0.29) is 4.90 Å². The average Bonchev–Trinajstić information content (AvgIpc) is 2.31. The molecule has 0 atom stereocenters. The molecule has 1 aromatic rings. The molecule has 0 aliphatic heterocycles. The lowest BCUT2D eigenvalue weighted by molar-refractivity contribution is 0.0718. The molecule has 0 unspecified atom stereocenters. The number of aryl methyl sites for hydroxylation is 1. The second-order valence-electron chi connectivity index (χ2n) is 5.94. The molecule has 0 saturated heterocycles. The second kappa shape index (κ2) is 5.67. The van der Waals surface area contributed by atoms with Crippen LogP contribution in [-0.2, 0) is 14.6 Å². The van der Waals surface area contributed by atoms with E-state index in [1.165, 1.54) is 7.11 Å². The molecule has 0 amide bonds. The Kier molecular flexibility index (Phi) is 4.73. The summed E-state index contributed by atoms with van der Waals surface area (Å²) >= 11 is 0. The Labute approximate surface area is 126 Å². The minimum atomic E-state index is -4.20. The Morgan fingerprint density at radius 3 is 2.05 bits per heavy atom. The fraction of sp³-hybridized carbons (Fsp3) is 0.533. The zero-order chi connectivity index (χ0) is 16.6. The first kappa shape index (κ1) is 17.5. The number of carbonyl (C=O) groups excluding carboxylic acids is 1. The minimum absolute atomic E-state index is 0.00458. The molecule has 0 saturated carbocycles. The predicted molar refractivity (Wildman–Crippen MR) is 80.6 cm³/mol. The summed E-state index contributed by atoms with van der Waals surface area (Å²) in [6.07, 6.45) is 0. The van der Waals surface area contributed by atoms with E-state index in [1.54, 1.807) is 47.6 Å². The molecule has 118 valence electrons. The number of methoxy groups -OCH3 is 1. The van der Waals surface area contributed by atoms with Crippen molar-refractivity contribution in [3.63, 3.8) is 0 Å². The summed E-state index contributed by atoms with van der Waals surface area (Å²) in [6, 6.07) is 1.61. The zero-order valence-electron chi connectivity index (χ0n) is 13.5. The van der Waals surface area contributed by atoms with Gasteiger partial charge in [-0.2, -0.15) is 0 Å². The zero-order valence-corrected chi connectivity index (χ0v) is 14.3. The molecule has 0 spiro atoms. The van der Waals surface area contributed by atoms with Gasteiger partial charge >= 0.3 is 5.30 Å². The Morgan fingerprint density at radius 1 is 1.10 bits per heavy atom. The van der Waals surface area contributed by atoms with Gasteiger partial charge in [-0.3, -0.25) is 0 Å². The topological polar surface area (TPSA) is 69.7 Å². The van der Waals surface area contributed by atoms with Gasteiger partial charge in [0.15, 0.2) is 0 Å². The first-order valence-corrected chi connectivity index (χ1v) is 8.03. The van der Waals surface area contributed by atoms with Crippen molar-refractivity contribution in [2.45, 2.75) is 52.0 Å². The highest BCUT2D eigenvalue weighted by atomic mass is 32.2. The maximum atomic E-state index is 12.5. The van der Waals surface area contributed by atoms with E-state index in [1.807, 2.05) is 0 Å². The largest absolute Gasteiger partial charge is 0.496 e. The van der Waals surface area contributed by atoms with Crippen molar-refractivity contribution in [1.29, 1.82) is 0 Å². The normalized spacial score (nSPS) is 12.1. The van der Waals surface area contributed by atoms with Gasteiger partial charge in [0, 0.05) is 0 Å². The predicted octanol–water partition coefficient (Wildman–Crippen LogP) is 3.33. The van der Waals surface area contributed by atoms with Gasteiger partial charge in [-0.1, -0.05) is 0 Å². The Bertz CT molecular complexity index is 666. The van der Waals surface area contributed by atoms with Gasteiger partial charge < -0.3 is 9.47 Å². The second-order valence-corrected chi connectivity index (χ2v) is 7.69. The van der Waals surface area contributed by atoms with Crippen molar-refractivity contribution in [3.05, 3.63) is 22.8 Å². The van der Waals surface area contributed by atoms with Crippen LogP contribution in [0.2, 0.25) is 0 Å². The lowest BCUT2D eigenvalue weighted by atomic mass is 10.1.